The number of aromatic nitrogens is 3. The minimum Gasteiger partial charge on any atom is -0.351 e. The topological polar surface area (TPSA) is 67.4 Å². The standard InChI is InChI=1S/C20H25N5O2/c1-3-24-12-6-7-15(24)13-25(20(26)18-10-11-21-27-18)14-19-22-16-8-4-5-9-17(16)23(19)2/h4-5,8-11,15H,3,6-7,12-14H2,1-2H3/t15-/m1/s1. The monoisotopic (exact) mass is 367 g/mol. The minimum atomic E-state index is -0.137. The van der Waals surface area contributed by atoms with Crippen molar-refractivity contribution in [2.24, 2.45) is 7.05 Å². The molecule has 1 atom stereocenters. The molecule has 4 rings (SSSR count). The lowest BCUT2D eigenvalue weighted by molar-refractivity contribution is 0.0644. The van der Waals surface area contributed by atoms with Crippen molar-refractivity contribution in [1.82, 2.24) is 24.5 Å². The predicted molar refractivity (Wildman–Crippen MR) is 102 cm³/mol. The third-order valence-corrected chi connectivity index (χ3v) is 5.48. The lowest BCUT2D eigenvalue weighted by atomic mass is 10.2. The van der Waals surface area contributed by atoms with Gasteiger partial charge in [0.25, 0.3) is 5.91 Å². The van der Waals surface area contributed by atoms with Gasteiger partial charge < -0.3 is 14.0 Å². The molecule has 1 saturated heterocycles. The number of likely N-dealkylation sites (tertiary alicyclic amines) is 1. The fraction of sp³-hybridized carbons (Fsp3) is 0.450. The Hall–Kier alpha value is -2.67. The first-order valence-electron chi connectivity index (χ1n) is 9.51. The number of hydrogen-bond acceptors (Lipinski definition) is 5. The largest absolute Gasteiger partial charge is 0.351 e. The van der Waals surface area contributed by atoms with E-state index >= 15 is 0 Å². The van der Waals surface area contributed by atoms with Crippen molar-refractivity contribution < 1.29 is 9.32 Å². The van der Waals surface area contributed by atoms with E-state index in [1.165, 1.54) is 12.6 Å². The zero-order valence-corrected chi connectivity index (χ0v) is 15.8. The highest BCUT2D eigenvalue weighted by Gasteiger charge is 2.29. The zero-order chi connectivity index (χ0) is 18.8. The van der Waals surface area contributed by atoms with Gasteiger partial charge in [-0.15, -0.1) is 0 Å². The number of imidazole rings is 1. The minimum absolute atomic E-state index is 0.137. The van der Waals surface area contributed by atoms with E-state index in [-0.39, 0.29) is 11.7 Å². The Kier molecular flexibility index (Phi) is 4.94. The normalized spacial score (nSPS) is 17.6. The van der Waals surface area contributed by atoms with Crippen molar-refractivity contribution in [1.29, 1.82) is 0 Å². The van der Waals surface area contributed by atoms with Crippen LogP contribution in [-0.2, 0) is 13.6 Å². The van der Waals surface area contributed by atoms with E-state index in [9.17, 15) is 4.79 Å². The van der Waals surface area contributed by atoms with Gasteiger partial charge in [0.1, 0.15) is 5.82 Å². The Morgan fingerprint density at radius 2 is 2.19 bits per heavy atom. The number of nitrogens with zero attached hydrogens (tertiary/aromatic N) is 5. The highest BCUT2D eigenvalue weighted by atomic mass is 16.5. The predicted octanol–water partition coefficient (Wildman–Crippen LogP) is 2.69. The molecule has 0 aliphatic carbocycles. The van der Waals surface area contributed by atoms with Gasteiger partial charge in [-0.25, -0.2) is 4.98 Å². The van der Waals surface area contributed by atoms with Gasteiger partial charge in [-0.2, -0.15) is 0 Å². The van der Waals surface area contributed by atoms with Crippen molar-refractivity contribution in [3.63, 3.8) is 0 Å². The van der Waals surface area contributed by atoms with Crippen LogP contribution in [0.4, 0.5) is 0 Å². The van der Waals surface area contributed by atoms with Crippen molar-refractivity contribution in [2.75, 3.05) is 19.6 Å². The summed E-state index contributed by atoms with van der Waals surface area (Å²) in [7, 11) is 2.00. The van der Waals surface area contributed by atoms with Crippen LogP contribution in [0.5, 0.6) is 0 Å². The van der Waals surface area contributed by atoms with Gasteiger partial charge in [0.15, 0.2) is 0 Å². The highest BCUT2D eigenvalue weighted by Crippen LogP contribution is 2.21. The number of fused-ring (bicyclic) bond motifs is 1. The highest BCUT2D eigenvalue weighted by molar-refractivity contribution is 5.91. The molecule has 142 valence electrons. The van der Waals surface area contributed by atoms with Gasteiger partial charge in [-0.1, -0.05) is 24.2 Å². The van der Waals surface area contributed by atoms with E-state index in [1.54, 1.807) is 6.07 Å². The van der Waals surface area contributed by atoms with E-state index in [4.69, 9.17) is 9.51 Å². The fourth-order valence-corrected chi connectivity index (χ4v) is 3.98. The number of amides is 1. The summed E-state index contributed by atoms with van der Waals surface area (Å²) in [6, 6.07) is 10.0. The molecule has 1 fully saturated rings. The van der Waals surface area contributed by atoms with Gasteiger partial charge in [0, 0.05) is 25.7 Å². The van der Waals surface area contributed by atoms with Gasteiger partial charge in [0.2, 0.25) is 5.76 Å². The Balaban J connectivity index is 1.62. The van der Waals surface area contributed by atoms with Crippen LogP contribution in [0, 0.1) is 0 Å². The van der Waals surface area contributed by atoms with E-state index in [0.29, 0.717) is 19.1 Å². The second-order valence-electron chi connectivity index (χ2n) is 7.06. The zero-order valence-electron chi connectivity index (χ0n) is 15.8. The first-order valence-corrected chi connectivity index (χ1v) is 9.51. The summed E-state index contributed by atoms with van der Waals surface area (Å²) in [4.78, 5) is 22.1. The second-order valence-corrected chi connectivity index (χ2v) is 7.06. The first kappa shape index (κ1) is 17.7. The second kappa shape index (κ2) is 7.52. The first-order chi connectivity index (χ1) is 13.2. The van der Waals surface area contributed by atoms with E-state index in [2.05, 4.69) is 21.5 Å². The summed E-state index contributed by atoms with van der Waals surface area (Å²) >= 11 is 0. The van der Waals surface area contributed by atoms with Crippen molar-refractivity contribution in [3.05, 3.63) is 48.1 Å². The van der Waals surface area contributed by atoms with Crippen LogP contribution in [0.15, 0.2) is 41.1 Å². The number of carbonyl (C=O) groups is 1. The van der Waals surface area contributed by atoms with E-state index in [1.807, 2.05) is 36.2 Å². The van der Waals surface area contributed by atoms with Crippen LogP contribution >= 0.6 is 0 Å². The molecule has 27 heavy (non-hydrogen) atoms. The summed E-state index contributed by atoms with van der Waals surface area (Å²) in [5.41, 5.74) is 2.01. The average Bonchev–Trinajstić information content (AvgIpc) is 3.42. The molecule has 0 saturated carbocycles. The van der Waals surface area contributed by atoms with Crippen molar-refractivity contribution in [3.8, 4) is 0 Å². The number of aryl methyl sites for hydroxylation is 1. The third-order valence-electron chi connectivity index (χ3n) is 5.48. The van der Waals surface area contributed by atoms with Gasteiger partial charge in [-0.05, 0) is 38.1 Å². The van der Waals surface area contributed by atoms with Crippen LogP contribution in [0.3, 0.4) is 0 Å². The third kappa shape index (κ3) is 3.47. The maximum Gasteiger partial charge on any atom is 0.292 e. The quantitative estimate of drug-likeness (QED) is 0.670. The fourth-order valence-electron chi connectivity index (χ4n) is 3.98. The number of carbonyl (C=O) groups excluding carboxylic acids is 1. The summed E-state index contributed by atoms with van der Waals surface area (Å²) in [6.07, 6.45) is 3.79. The smallest absolute Gasteiger partial charge is 0.292 e. The number of rotatable bonds is 6. The Labute approximate surface area is 158 Å². The summed E-state index contributed by atoms with van der Waals surface area (Å²) in [5, 5.41) is 3.69. The molecule has 3 heterocycles. The number of benzene rings is 1. The molecular weight excluding hydrogens is 342 g/mol. The molecule has 1 aliphatic heterocycles. The number of likely N-dealkylation sites (N-methyl/N-ethyl adjacent to an activating group) is 1. The molecular formula is C20H25N5O2. The van der Waals surface area contributed by atoms with Crippen LogP contribution in [0.25, 0.3) is 11.0 Å². The Bertz CT molecular complexity index is 918. The molecule has 0 spiro atoms. The molecule has 7 nitrogen and oxygen atoms in total. The van der Waals surface area contributed by atoms with Crippen LogP contribution in [-0.4, -0.2) is 56.1 Å². The maximum absolute atomic E-state index is 13.1. The average molecular weight is 367 g/mol. The number of hydrogen-bond donors (Lipinski definition) is 0. The summed E-state index contributed by atoms with van der Waals surface area (Å²) in [5.74, 6) is 1.00. The molecule has 0 unspecified atom stereocenters. The molecule has 7 heteroatoms. The summed E-state index contributed by atoms with van der Waals surface area (Å²) < 4.78 is 7.20. The maximum atomic E-state index is 13.1. The number of para-hydroxylation sites is 2. The van der Waals surface area contributed by atoms with Crippen molar-refractivity contribution >= 4 is 16.9 Å². The van der Waals surface area contributed by atoms with Crippen LogP contribution in [0.2, 0.25) is 0 Å². The van der Waals surface area contributed by atoms with Gasteiger partial charge in [0.05, 0.1) is 23.8 Å². The Morgan fingerprint density at radius 1 is 1.33 bits per heavy atom. The van der Waals surface area contributed by atoms with Crippen LogP contribution < -0.4 is 0 Å². The Morgan fingerprint density at radius 3 is 2.93 bits per heavy atom. The van der Waals surface area contributed by atoms with E-state index in [0.717, 1.165) is 36.4 Å². The van der Waals surface area contributed by atoms with E-state index < -0.39 is 0 Å². The lowest BCUT2D eigenvalue weighted by Crippen LogP contribution is -2.43. The lowest BCUT2D eigenvalue weighted by Gasteiger charge is -2.29. The molecule has 1 aliphatic rings. The van der Waals surface area contributed by atoms with Crippen LogP contribution in [0.1, 0.15) is 36.1 Å². The summed E-state index contributed by atoms with van der Waals surface area (Å²) in [6.45, 7) is 5.38. The van der Waals surface area contributed by atoms with Gasteiger partial charge in [-0.3, -0.25) is 9.69 Å². The molecule has 0 N–H and O–H groups in total. The van der Waals surface area contributed by atoms with Gasteiger partial charge >= 0.3 is 0 Å². The molecule has 2 aromatic heterocycles. The molecule has 1 amide bonds. The molecule has 3 aromatic rings. The SMILES string of the molecule is CCN1CCC[C@@H]1CN(Cc1nc2ccccc2n1C)C(=O)c1ccno1. The molecule has 0 radical (unpaired) electrons. The molecule has 1 aromatic carbocycles. The molecule has 0 bridgehead atoms. The van der Waals surface area contributed by atoms with Crippen molar-refractivity contribution in [2.45, 2.75) is 32.4 Å².